The van der Waals surface area contributed by atoms with E-state index in [2.05, 4.69) is 34.9 Å². The van der Waals surface area contributed by atoms with Gasteiger partial charge in [-0.15, -0.1) is 0 Å². The van der Waals surface area contributed by atoms with Crippen LogP contribution >= 0.6 is 0 Å². The summed E-state index contributed by atoms with van der Waals surface area (Å²) in [7, 11) is 3.35. The molecule has 2 aromatic carbocycles. The Morgan fingerprint density at radius 1 is 0.655 bits per heavy atom. The number of benzene rings is 2. The molecule has 1 heterocycles. The topological polar surface area (TPSA) is 149 Å². The van der Waals surface area contributed by atoms with Crippen molar-refractivity contribution in [1.29, 1.82) is 0 Å². The van der Waals surface area contributed by atoms with Gasteiger partial charge in [-0.05, 0) is 130 Å². The van der Waals surface area contributed by atoms with Crippen LogP contribution in [-0.2, 0) is 41.5 Å². The second-order valence-electron chi connectivity index (χ2n) is 15.0. The fraction of sp³-hybridized carbons (Fsp3) is 0.636. The Hall–Kier alpha value is -3.96. The molecule has 0 radical (unpaired) electrons. The number of carboxylic acid groups (broad SMARTS) is 1. The lowest BCUT2D eigenvalue weighted by Gasteiger charge is -2.27. The fourth-order valence-electron chi connectivity index (χ4n) is 7.65. The van der Waals surface area contributed by atoms with E-state index in [1.807, 2.05) is 12.1 Å². The molecule has 0 spiro atoms. The largest absolute Gasteiger partial charge is 0.497 e. The van der Waals surface area contributed by atoms with Gasteiger partial charge in [-0.1, -0.05) is 37.8 Å². The summed E-state index contributed by atoms with van der Waals surface area (Å²) in [6.07, 6.45) is 17.8. The average Bonchev–Trinajstić information content (AvgIpc) is 3.20. The number of ether oxygens (including phenoxy) is 4. The summed E-state index contributed by atoms with van der Waals surface area (Å²) in [5, 5.41) is 14.9. The summed E-state index contributed by atoms with van der Waals surface area (Å²) in [6, 6.07) is 12.4. The van der Waals surface area contributed by atoms with E-state index in [9.17, 15) is 19.2 Å². The molecule has 3 aliphatic rings. The number of nitrogens with one attached hydrogen (secondary N) is 2. The van der Waals surface area contributed by atoms with Gasteiger partial charge in [-0.2, -0.15) is 0 Å². The van der Waals surface area contributed by atoms with E-state index in [-0.39, 0.29) is 49.0 Å². The van der Waals surface area contributed by atoms with Crippen LogP contribution in [-0.4, -0.2) is 62.4 Å². The first-order valence-electron chi connectivity index (χ1n) is 20.6. The maximum atomic E-state index is 12.4. The minimum absolute atomic E-state index is 0.0851. The number of carbonyl (C=O) groups is 4. The number of fused-ring (bicyclic) bond motifs is 2. The quantitative estimate of drug-likeness (QED) is 0.107. The third-order valence-corrected chi connectivity index (χ3v) is 10.7. The standard InChI is InChI=1S/C25H37NO5.C19H27NO4/c1-29-21-14-15-22-19(17-21)9-8-11-23(22)26-24(28)12-5-3-2-4-10-20(27)18-31-25-13-6-7-16-30-25;1-24-15-11-12-16-14(13-15)7-6-8-17(16)20-18(21)9-4-2-3-5-10-19(22)23/h14-15,17,23,25H,2-13,16,18H2,1H3,(H,26,28);11-13,17H,2-10H2,1H3,(H,20,21)(H,22,23). The number of Topliss-reactive ketones (excluding diaryl/α,β-unsaturated/α-hetero) is 1. The third kappa shape index (κ3) is 16.0. The predicted octanol–water partition coefficient (Wildman–Crippen LogP) is 8.26. The number of aliphatic carboxylic acids is 1. The molecule has 2 amide bonds. The van der Waals surface area contributed by atoms with Crippen molar-refractivity contribution in [2.75, 3.05) is 27.4 Å². The molecule has 1 aliphatic heterocycles. The molecular formula is C44H64N2O9. The van der Waals surface area contributed by atoms with Crippen molar-refractivity contribution in [3.8, 4) is 11.5 Å². The zero-order valence-corrected chi connectivity index (χ0v) is 33.2. The summed E-state index contributed by atoms with van der Waals surface area (Å²) >= 11 is 0. The molecule has 2 aliphatic carbocycles. The van der Waals surface area contributed by atoms with Gasteiger partial charge in [0.25, 0.3) is 0 Å². The van der Waals surface area contributed by atoms with Crippen LogP contribution in [0.5, 0.6) is 11.5 Å². The smallest absolute Gasteiger partial charge is 0.303 e. The number of carbonyl (C=O) groups excluding carboxylic acids is 3. The summed E-state index contributed by atoms with van der Waals surface area (Å²) < 4.78 is 21.6. The molecule has 2 aromatic rings. The number of methoxy groups -OCH3 is 2. The highest BCUT2D eigenvalue weighted by molar-refractivity contribution is 5.79. The number of hydrogen-bond acceptors (Lipinski definition) is 8. The number of amides is 2. The number of unbranched alkanes of at least 4 members (excludes halogenated alkanes) is 6. The average molecular weight is 765 g/mol. The summed E-state index contributed by atoms with van der Waals surface area (Å²) in [4.78, 5) is 46.9. The SMILES string of the molecule is COc1ccc2c(c1)CCCC2NC(=O)CCCCCCC(=O)COC1CCCCO1.COc1ccc2c(c1)CCCC2NC(=O)CCCCCCC(=O)O. The van der Waals surface area contributed by atoms with Gasteiger partial charge in [-0.25, -0.2) is 0 Å². The first-order valence-corrected chi connectivity index (χ1v) is 20.6. The van der Waals surface area contributed by atoms with Gasteiger partial charge in [0.1, 0.15) is 18.1 Å². The van der Waals surface area contributed by atoms with Gasteiger partial charge in [0, 0.05) is 32.3 Å². The second kappa shape index (κ2) is 24.5. The van der Waals surface area contributed by atoms with Crippen LogP contribution in [0.4, 0.5) is 0 Å². The van der Waals surface area contributed by atoms with Crippen molar-refractivity contribution in [2.24, 2.45) is 0 Å². The van der Waals surface area contributed by atoms with Gasteiger partial charge in [-0.3, -0.25) is 19.2 Å². The Balaban J connectivity index is 0.000000253. The first kappa shape index (κ1) is 43.8. The van der Waals surface area contributed by atoms with E-state index >= 15 is 0 Å². The van der Waals surface area contributed by atoms with Crippen LogP contribution < -0.4 is 20.1 Å². The van der Waals surface area contributed by atoms with Gasteiger partial charge < -0.3 is 34.7 Å². The van der Waals surface area contributed by atoms with Crippen LogP contribution in [0.3, 0.4) is 0 Å². The van der Waals surface area contributed by atoms with Crippen molar-refractivity contribution >= 4 is 23.6 Å². The maximum absolute atomic E-state index is 12.4. The molecular weight excluding hydrogens is 700 g/mol. The monoisotopic (exact) mass is 764 g/mol. The van der Waals surface area contributed by atoms with Crippen LogP contribution in [0.25, 0.3) is 0 Å². The summed E-state index contributed by atoms with van der Waals surface area (Å²) in [5.41, 5.74) is 4.97. The lowest BCUT2D eigenvalue weighted by atomic mass is 9.87. The van der Waals surface area contributed by atoms with Gasteiger partial charge in [0.05, 0.1) is 26.3 Å². The molecule has 0 aromatic heterocycles. The zero-order chi connectivity index (χ0) is 39.3. The molecule has 11 heteroatoms. The minimum Gasteiger partial charge on any atom is -0.497 e. The molecule has 0 saturated carbocycles. The highest BCUT2D eigenvalue weighted by Gasteiger charge is 2.23. The molecule has 3 N–H and O–H groups in total. The highest BCUT2D eigenvalue weighted by Crippen LogP contribution is 2.33. The van der Waals surface area contributed by atoms with E-state index < -0.39 is 5.97 Å². The molecule has 3 unspecified atom stereocenters. The Kier molecular flexibility index (Phi) is 19.5. The predicted molar refractivity (Wildman–Crippen MR) is 211 cm³/mol. The van der Waals surface area contributed by atoms with Crippen LogP contribution in [0.15, 0.2) is 36.4 Å². The van der Waals surface area contributed by atoms with Crippen molar-refractivity contribution in [3.63, 3.8) is 0 Å². The first-order chi connectivity index (χ1) is 26.7. The Morgan fingerprint density at radius 2 is 1.16 bits per heavy atom. The Labute approximate surface area is 327 Å². The van der Waals surface area contributed by atoms with Crippen LogP contribution in [0.1, 0.15) is 156 Å². The van der Waals surface area contributed by atoms with E-state index in [1.54, 1.807) is 14.2 Å². The lowest BCUT2D eigenvalue weighted by molar-refractivity contribution is -0.169. The van der Waals surface area contributed by atoms with Crippen LogP contribution in [0, 0.1) is 0 Å². The normalized spacial score (nSPS) is 18.8. The van der Waals surface area contributed by atoms with Crippen molar-refractivity contribution in [2.45, 2.75) is 153 Å². The van der Waals surface area contributed by atoms with Gasteiger partial charge in [0.15, 0.2) is 12.1 Å². The molecule has 0 bridgehead atoms. The van der Waals surface area contributed by atoms with E-state index in [0.29, 0.717) is 25.7 Å². The van der Waals surface area contributed by atoms with Crippen LogP contribution in [0.2, 0.25) is 0 Å². The van der Waals surface area contributed by atoms with E-state index in [4.69, 9.17) is 24.1 Å². The lowest BCUT2D eigenvalue weighted by Crippen LogP contribution is -2.30. The molecule has 1 fully saturated rings. The number of ketones is 1. The van der Waals surface area contributed by atoms with Gasteiger partial charge in [0.2, 0.25) is 11.8 Å². The van der Waals surface area contributed by atoms with E-state index in [0.717, 1.165) is 121 Å². The summed E-state index contributed by atoms with van der Waals surface area (Å²) in [5.74, 6) is 1.33. The minimum atomic E-state index is -0.750. The number of aryl methyl sites for hydroxylation is 2. The Morgan fingerprint density at radius 3 is 1.64 bits per heavy atom. The third-order valence-electron chi connectivity index (χ3n) is 10.7. The number of hydrogen-bond donors (Lipinski definition) is 3. The molecule has 1 saturated heterocycles. The number of rotatable bonds is 21. The summed E-state index contributed by atoms with van der Waals surface area (Å²) in [6.45, 7) is 0.885. The molecule has 11 nitrogen and oxygen atoms in total. The second-order valence-corrected chi connectivity index (χ2v) is 15.0. The zero-order valence-electron chi connectivity index (χ0n) is 33.2. The van der Waals surface area contributed by atoms with Crippen molar-refractivity contribution in [3.05, 3.63) is 58.7 Å². The number of carboxylic acids is 1. The van der Waals surface area contributed by atoms with Gasteiger partial charge >= 0.3 is 5.97 Å². The van der Waals surface area contributed by atoms with E-state index in [1.165, 1.54) is 22.3 Å². The van der Waals surface area contributed by atoms with Crippen molar-refractivity contribution < 1.29 is 43.2 Å². The fourth-order valence-corrected chi connectivity index (χ4v) is 7.65. The highest BCUT2D eigenvalue weighted by atomic mass is 16.7. The Bertz CT molecular complexity index is 1510. The molecule has 55 heavy (non-hydrogen) atoms. The molecule has 5 rings (SSSR count). The molecule has 304 valence electrons. The van der Waals surface area contributed by atoms with Crippen molar-refractivity contribution in [1.82, 2.24) is 10.6 Å². The molecule has 3 atom stereocenters. The maximum Gasteiger partial charge on any atom is 0.303 e.